The molecule has 1 aromatic heterocycles. The summed E-state index contributed by atoms with van der Waals surface area (Å²) in [6.07, 6.45) is 10.7. The number of nitrogens with zero attached hydrogens (tertiary/aromatic N) is 6. The van der Waals surface area contributed by atoms with E-state index in [1.165, 1.54) is 0 Å². The molecule has 7 rings (SSSR count). The van der Waals surface area contributed by atoms with Gasteiger partial charge in [-0.15, -0.1) is 15.0 Å². The summed E-state index contributed by atoms with van der Waals surface area (Å²) in [6, 6.07) is 35.5. The maximum absolute atomic E-state index is 14.9. The van der Waals surface area contributed by atoms with Crippen LogP contribution in [0.1, 0.15) is 115 Å². The summed E-state index contributed by atoms with van der Waals surface area (Å²) >= 11 is 13.0. The van der Waals surface area contributed by atoms with Gasteiger partial charge < -0.3 is 10.2 Å². The van der Waals surface area contributed by atoms with Crippen LogP contribution < -0.4 is 5.32 Å². The average molecular weight is 925 g/mol. The number of tetrazole rings is 1. The summed E-state index contributed by atoms with van der Waals surface area (Å²) in [5.41, 5.74) is 3.87. The van der Waals surface area contributed by atoms with Crippen LogP contribution >= 0.6 is 23.2 Å². The molecule has 2 aliphatic rings. The fourth-order valence-electron chi connectivity index (χ4n) is 9.68. The minimum Gasteiger partial charge on any atom is -0.352 e. The fourth-order valence-corrected chi connectivity index (χ4v) is 10.2. The van der Waals surface area contributed by atoms with E-state index in [1.54, 1.807) is 35.1 Å². The molecule has 2 amide bonds. The van der Waals surface area contributed by atoms with Crippen LogP contribution in [0, 0.1) is 16.7 Å². The van der Waals surface area contributed by atoms with Crippen LogP contribution in [-0.4, -0.2) is 60.9 Å². The van der Waals surface area contributed by atoms with Crippen molar-refractivity contribution in [2.24, 2.45) is 21.7 Å². The summed E-state index contributed by atoms with van der Waals surface area (Å²) in [4.78, 5) is 37.8. The van der Waals surface area contributed by atoms with E-state index in [2.05, 4.69) is 105 Å². The number of rotatable bonds is 15. The molecule has 66 heavy (non-hydrogen) atoms. The first kappa shape index (κ1) is 48.3. The van der Waals surface area contributed by atoms with E-state index in [-0.39, 0.29) is 35.2 Å². The van der Waals surface area contributed by atoms with Crippen LogP contribution in [0.3, 0.4) is 0 Å². The highest BCUT2D eigenvalue weighted by Gasteiger charge is 2.53. The van der Waals surface area contributed by atoms with E-state index >= 15 is 0 Å². The van der Waals surface area contributed by atoms with E-state index < -0.39 is 11.2 Å². The van der Waals surface area contributed by atoms with Crippen molar-refractivity contribution in [2.45, 2.75) is 111 Å². The molecule has 1 unspecified atom stereocenters. The lowest BCUT2D eigenvalue weighted by molar-refractivity contribution is -0.132. The first-order valence-electron chi connectivity index (χ1n) is 23.1. The van der Waals surface area contributed by atoms with Crippen LogP contribution in [-0.2, 0) is 21.5 Å². The molecule has 0 radical (unpaired) electrons. The number of benzene rings is 4. The predicted molar refractivity (Wildman–Crippen MR) is 268 cm³/mol. The third-order valence-corrected chi connectivity index (χ3v) is 13.8. The predicted octanol–water partition coefficient (Wildman–Crippen LogP) is 12.0. The SMILES string of the molecule is C=CC(=CC=C(C)C(CCC(C)(C)C)N1C(=O)C(c2cc(Cl)cc(Cl)c2)=NC12CCC(C(C)(C)C)CC2)C(=O)NCCc1nnn(C(c2ccccc2)(c2ccccc2)c2ccccc2)n1. The second-order valence-electron chi connectivity index (χ2n) is 20.1. The van der Waals surface area contributed by atoms with Crippen LogP contribution in [0.4, 0.5) is 0 Å². The van der Waals surface area contributed by atoms with Crippen molar-refractivity contribution in [3.8, 4) is 0 Å². The Bertz CT molecular complexity index is 2480. The first-order chi connectivity index (χ1) is 31.4. The lowest BCUT2D eigenvalue weighted by atomic mass is 9.69. The second kappa shape index (κ2) is 20.1. The van der Waals surface area contributed by atoms with E-state index in [0.29, 0.717) is 45.1 Å². The number of nitrogens with one attached hydrogen (secondary N) is 1. The molecule has 1 aliphatic heterocycles. The molecule has 0 saturated heterocycles. The minimum atomic E-state index is -0.895. The second-order valence-corrected chi connectivity index (χ2v) is 21.0. The summed E-state index contributed by atoms with van der Waals surface area (Å²) in [7, 11) is 0. The molecule has 11 heteroatoms. The Labute approximate surface area is 401 Å². The van der Waals surface area contributed by atoms with Crippen molar-refractivity contribution in [3.63, 3.8) is 0 Å². The molecule has 1 atom stereocenters. The number of aliphatic imine (C=N–C) groups is 1. The number of carbonyl (C=O) groups is 2. The van der Waals surface area contributed by atoms with Gasteiger partial charge in [-0.3, -0.25) is 14.6 Å². The van der Waals surface area contributed by atoms with Gasteiger partial charge in [0, 0.05) is 34.1 Å². The number of allylic oxidation sites excluding steroid dienone is 2. The summed E-state index contributed by atoms with van der Waals surface area (Å²) in [6.45, 7) is 19.9. The van der Waals surface area contributed by atoms with Crippen molar-refractivity contribution in [3.05, 3.63) is 183 Å². The Morgan fingerprint density at radius 2 is 1.39 bits per heavy atom. The Morgan fingerprint density at radius 1 is 0.848 bits per heavy atom. The minimum absolute atomic E-state index is 0.0108. The van der Waals surface area contributed by atoms with Crippen molar-refractivity contribution >= 4 is 40.7 Å². The maximum Gasteiger partial charge on any atom is 0.275 e. The molecule has 0 bridgehead atoms. The maximum atomic E-state index is 14.9. The van der Waals surface area contributed by atoms with Gasteiger partial charge in [-0.2, -0.15) is 0 Å². The third kappa shape index (κ3) is 10.5. The highest BCUT2D eigenvalue weighted by molar-refractivity contribution is 6.48. The number of carbonyl (C=O) groups excluding carboxylic acids is 2. The topological polar surface area (TPSA) is 105 Å². The molecule has 1 spiro atoms. The molecule has 1 aliphatic carbocycles. The highest BCUT2D eigenvalue weighted by Crippen LogP contribution is 2.49. The average Bonchev–Trinajstić information content (AvgIpc) is 3.86. The zero-order valence-corrected chi connectivity index (χ0v) is 40.9. The van der Waals surface area contributed by atoms with Crippen molar-refractivity contribution in [1.29, 1.82) is 0 Å². The fraction of sp³-hybridized carbons (Fsp3) is 0.382. The smallest absolute Gasteiger partial charge is 0.275 e. The number of hydrogen-bond acceptors (Lipinski definition) is 6. The van der Waals surface area contributed by atoms with Crippen LogP contribution in [0.2, 0.25) is 10.0 Å². The lowest BCUT2D eigenvalue weighted by Crippen LogP contribution is -2.55. The molecular weight excluding hydrogens is 862 g/mol. The largest absolute Gasteiger partial charge is 0.352 e. The van der Waals surface area contributed by atoms with E-state index in [9.17, 15) is 9.59 Å². The van der Waals surface area contributed by atoms with Gasteiger partial charge in [0.1, 0.15) is 11.4 Å². The Morgan fingerprint density at radius 3 is 1.89 bits per heavy atom. The molecule has 344 valence electrons. The number of halogens is 2. The zero-order chi connectivity index (χ0) is 47.3. The van der Waals surface area contributed by atoms with Gasteiger partial charge in [-0.05, 0) is 108 Å². The first-order valence-corrected chi connectivity index (χ1v) is 23.9. The van der Waals surface area contributed by atoms with Gasteiger partial charge in [0.15, 0.2) is 11.4 Å². The normalized spacial score (nSPS) is 18.9. The van der Waals surface area contributed by atoms with Gasteiger partial charge >= 0.3 is 0 Å². The summed E-state index contributed by atoms with van der Waals surface area (Å²) in [5, 5.41) is 18.1. The molecular formula is C55H63Cl2N7O2. The van der Waals surface area contributed by atoms with Crippen molar-refractivity contribution < 1.29 is 9.59 Å². The molecule has 2 heterocycles. The number of hydrogen-bond donors (Lipinski definition) is 1. The highest BCUT2D eigenvalue weighted by atomic mass is 35.5. The van der Waals surface area contributed by atoms with Crippen LogP contribution in [0.25, 0.3) is 0 Å². The van der Waals surface area contributed by atoms with E-state index in [0.717, 1.165) is 60.8 Å². The van der Waals surface area contributed by atoms with Crippen molar-refractivity contribution in [1.82, 2.24) is 30.4 Å². The number of amides is 2. The zero-order valence-electron chi connectivity index (χ0n) is 39.4. The molecule has 4 aromatic carbocycles. The van der Waals surface area contributed by atoms with Crippen molar-refractivity contribution in [2.75, 3.05) is 6.54 Å². The third-order valence-electron chi connectivity index (χ3n) is 13.3. The molecule has 9 nitrogen and oxygen atoms in total. The quantitative estimate of drug-likeness (QED) is 0.0640. The molecule has 1 saturated carbocycles. The summed E-state index contributed by atoms with van der Waals surface area (Å²) in [5.74, 6) is 0.596. The standard InChI is InChI=1S/C55H63Cl2N7O2/c1-9-39(50(65)58-34-30-48-60-62-64(61-48)55(42-19-13-10-14-20-42,43-21-15-11-16-22-43)44-23-17-12-18-24-44)26-25-38(2)47(29-31-52(3,4)5)63-51(66)49(40-35-45(56)37-46(57)36-40)59-54(63)32-27-41(28-33-54)53(6,7)8/h9-26,35-37,41,47H,1,27-34H2,2-8H3,(H,58,65). The molecule has 5 aromatic rings. The summed E-state index contributed by atoms with van der Waals surface area (Å²) < 4.78 is 0. The van der Waals surface area contributed by atoms with Crippen LogP contribution in [0.5, 0.6) is 0 Å². The van der Waals surface area contributed by atoms with E-state index in [4.69, 9.17) is 33.3 Å². The van der Waals surface area contributed by atoms with Gasteiger partial charge in [0.05, 0.1) is 6.04 Å². The van der Waals surface area contributed by atoms with E-state index in [1.807, 2.05) is 67.6 Å². The van der Waals surface area contributed by atoms with Gasteiger partial charge in [-0.1, -0.05) is 180 Å². The molecule has 1 N–H and O–H groups in total. The van der Waals surface area contributed by atoms with Crippen LogP contribution in [0.15, 0.2) is 150 Å². The van der Waals surface area contributed by atoms with Gasteiger partial charge in [0.25, 0.3) is 11.8 Å². The Hall–Kier alpha value is -5.64. The van der Waals surface area contributed by atoms with Gasteiger partial charge in [-0.25, -0.2) is 0 Å². The lowest BCUT2D eigenvalue weighted by Gasteiger charge is -2.48. The Balaban J connectivity index is 1.14. The van der Waals surface area contributed by atoms with Gasteiger partial charge in [0.2, 0.25) is 0 Å². The number of aromatic nitrogens is 4. The monoisotopic (exact) mass is 923 g/mol. The Kier molecular flexibility index (Phi) is 14.7. The molecule has 1 fully saturated rings.